The summed E-state index contributed by atoms with van der Waals surface area (Å²) in [5.41, 5.74) is 0. The van der Waals surface area contributed by atoms with E-state index >= 15 is 0 Å². The second-order valence-electron chi connectivity index (χ2n) is 3.11. The van der Waals surface area contributed by atoms with Crippen molar-refractivity contribution in [1.82, 2.24) is 0 Å². The van der Waals surface area contributed by atoms with Gasteiger partial charge in [-0.3, -0.25) is 4.79 Å². The molecule has 1 N–H and O–H groups in total. The summed E-state index contributed by atoms with van der Waals surface area (Å²) < 4.78 is 4.95. The minimum absolute atomic E-state index is 0.0150. The van der Waals surface area contributed by atoms with Gasteiger partial charge in [0.25, 0.3) is 0 Å². The van der Waals surface area contributed by atoms with Crippen molar-refractivity contribution in [2.75, 3.05) is 0 Å². The molecule has 0 aromatic heterocycles. The highest BCUT2D eigenvalue weighted by Crippen LogP contribution is 2.35. The number of carbonyl (C=O) groups is 1. The van der Waals surface area contributed by atoms with E-state index in [0.717, 1.165) is 6.42 Å². The first-order chi connectivity index (χ1) is 4.75. The van der Waals surface area contributed by atoms with Gasteiger partial charge in [0.2, 0.25) is 0 Å². The standard InChI is InChI=1S/C7H10O3/c8-6-3-5-1-4(6)2-7(9)10-5/h4-6,8H,1-3H2/t4-,5-,6+/m0/s1. The van der Waals surface area contributed by atoms with Crippen molar-refractivity contribution in [3.05, 3.63) is 0 Å². The van der Waals surface area contributed by atoms with Crippen LogP contribution in [-0.4, -0.2) is 23.3 Å². The summed E-state index contributed by atoms with van der Waals surface area (Å²) in [5.74, 6) is 0.0454. The Morgan fingerprint density at radius 3 is 3.00 bits per heavy atom. The highest BCUT2D eigenvalue weighted by molar-refractivity contribution is 5.71. The zero-order valence-electron chi connectivity index (χ0n) is 5.62. The van der Waals surface area contributed by atoms with Crippen LogP contribution < -0.4 is 0 Å². The summed E-state index contributed by atoms with van der Waals surface area (Å²) >= 11 is 0. The van der Waals surface area contributed by atoms with Crippen LogP contribution >= 0.6 is 0 Å². The Morgan fingerprint density at radius 1 is 1.50 bits per heavy atom. The first-order valence-corrected chi connectivity index (χ1v) is 3.63. The predicted molar refractivity (Wildman–Crippen MR) is 33.2 cm³/mol. The number of hydrogen-bond acceptors (Lipinski definition) is 3. The number of aliphatic hydroxyl groups is 1. The Labute approximate surface area is 59.0 Å². The molecule has 0 aromatic carbocycles. The van der Waals surface area contributed by atoms with E-state index in [0.29, 0.717) is 12.8 Å². The average molecular weight is 142 g/mol. The van der Waals surface area contributed by atoms with E-state index in [4.69, 9.17) is 4.74 Å². The second-order valence-corrected chi connectivity index (χ2v) is 3.11. The molecule has 2 rings (SSSR count). The van der Waals surface area contributed by atoms with E-state index in [-0.39, 0.29) is 24.1 Å². The molecule has 1 aliphatic heterocycles. The van der Waals surface area contributed by atoms with Gasteiger partial charge in [0, 0.05) is 6.42 Å². The Kier molecular flexibility index (Phi) is 1.20. The normalized spacial score (nSPS) is 45.3. The lowest BCUT2D eigenvalue weighted by Crippen LogP contribution is -2.23. The highest BCUT2D eigenvalue weighted by Gasteiger charge is 2.40. The number of fused-ring (bicyclic) bond motifs is 2. The first-order valence-electron chi connectivity index (χ1n) is 3.63. The quantitative estimate of drug-likeness (QED) is 0.487. The lowest BCUT2D eigenvalue weighted by Gasteiger charge is -2.18. The van der Waals surface area contributed by atoms with Crippen molar-refractivity contribution in [1.29, 1.82) is 0 Å². The second kappa shape index (κ2) is 1.95. The summed E-state index contributed by atoms with van der Waals surface area (Å²) in [6.45, 7) is 0. The van der Waals surface area contributed by atoms with E-state index < -0.39 is 0 Å². The number of hydrogen-bond donors (Lipinski definition) is 1. The molecule has 0 spiro atoms. The predicted octanol–water partition coefficient (Wildman–Crippen LogP) is 0.0728. The highest BCUT2D eigenvalue weighted by atomic mass is 16.5. The molecule has 1 aliphatic carbocycles. The van der Waals surface area contributed by atoms with Crippen molar-refractivity contribution in [2.45, 2.75) is 31.5 Å². The molecule has 2 fully saturated rings. The fraction of sp³-hybridized carbons (Fsp3) is 0.857. The van der Waals surface area contributed by atoms with Gasteiger partial charge in [-0.25, -0.2) is 0 Å². The van der Waals surface area contributed by atoms with Crippen LogP contribution in [0.25, 0.3) is 0 Å². The fourth-order valence-electron chi connectivity index (χ4n) is 1.82. The van der Waals surface area contributed by atoms with Crippen LogP contribution in [0.5, 0.6) is 0 Å². The molecule has 2 aliphatic rings. The summed E-state index contributed by atoms with van der Waals surface area (Å²) in [6.07, 6.45) is 1.65. The Balaban J connectivity index is 2.13. The lowest BCUT2D eigenvalue weighted by atomic mass is 10.0. The maximum atomic E-state index is 10.7. The fourth-order valence-corrected chi connectivity index (χ4v) is 1.82. The van der Waals surface area contributed by atoms with Gasteiger partial charge in [-0.15, -0.1) is 0 Å². The molecule has 1 heterocycles. The molecule has 0 amide bonds. The summed E-state index contributed by atoms with van der Waals surface area (Å²) in [5, 5.41) is 9.28. The zero-order valence-corrected chi connectivity index (χ0v) is 5.62. The molecule has 0 radical (unpaired) electrons. The van der Waals surface area contributed by atoms with Crippen molar-refractivity contribution in [2.24, 2.45) is 5.92 Å². The molecule has 56 valence electrons. The molecule has 2 bridgehead atoms. The van der Waals surface area contributed by atoms with Crippen LogP contribution in [0, 0.1) is 5.92 Å². The number of ether oxygens (including phenoxy) is 1. The van der Waals surface area contributed by atoms with Gasteiger partial charge in [0.1, 0.15) is 6.10 Å². The van der Waals surface area contributed by atoms with E-state index in [2.05, 4.69) is 0 Å². The van der Waals surface area contributed by atoms with Crippen LogP contribution in [0.3, 0.4) is 0 Å². The smallest absolute Gasteiger partial charge is 0.306 e. The summed E-state index contributed by atoms with van der Waals surface area (Å²) in [6, 6.07) is 0. The third kappa shape index (κ3) is 0.814. The Bertz CT molecular complexity index is 164. The molecule has 1 saturated carbocycles. The maximum absolute atomic E-state index is 10.7. The van der Waals surface area contributed by atoms with Crippen molar-refractivity contribution in [3.63, 3.8) is 0 Å². The molecular weight excluding hydrogens is 132 g/mol. The SMILES string of the molecule is O=C1C[C@@H]2C[C@@H](C[C@H]2O)O1. The molecule has 3 nitrogen and oxygen atoms in total. The van der Waals surface area contributed by atoms with Gasteiger partial charge in [0.05, 0.1) is 12.5 Å². The minimum Gasteiger partial charge on any atom is -0.462 e. The van der Waals surface area contributed by atoms with Gasteiger partial charge in [-0.05, 0) is 12.3 Å². The van der Waals surface area contributed by atoms with Crippen LogP contribution in [0.1, 0.15) is 19.3 Å². The Morgan fingerprint density at radius 2 is 2.30 bits per heavy atom. The van der Waals surface area contributed by atoms with Crippen LogP contribution in [0.15, 0.2) is 0 Å². The monoisotopic (exact) mass is 142 g/mol. The van der Waals surface area contributed by atoms with Gasteiger partial charge in [-0.2, -0.15) is 0 Å². The van der Waals surface area contributed by atoms with Gasteiger partial charge < -0.3 is 9.84 Å². The number of esters is 1. The lowest BCUT2D eigenvalue weighted by molar-refractivity contribution is -0.153. The van der Waals surface area contributed by atoms with Crippen molar-refractivity contribution >= 4 is 5.97 Å². The van der Waals surface area contributed by atoms with Crippen LogP contribution in [0.4, 0.5) is 0 Å². The van der Waals surface area contributed by atoms with Crippen LogP contribution in [-0.2, 0) is 9.53 Å². The molecule has 3 heteroatoms. The topological polar surface area (TPSA) is 46.5 Å². The maximum Gasteiger partial charge on any atom is 0.306 e. The van der Waals surface area contributed by atoms with E-state index in [9.17, 15) is 9.90 Å². The largest absolute Gasteiger partial charge is 0.462 e. The van der Waals surface area contributed by atoms with Gasteiger partial charge >= 0.3 is 5.97 Å². The molecular formula is C7H10O3. The van der Waals surface area contributed by atoms with E-state index in [1.165, 1.54) is 0 Å². The molecule has 0 aromatic rings. The zero-order chi connectivity index (χ0) is 7.14. The van der Waals surface area contributed by atoms with Crippen molar-refractivity contribution < 1.29 is 14.6 Å². The third-order valence-corrected chi connectivity index (χ3v) is 2.34. The molecule has 1 saturated heterocycles. The first kappa shape index (κ1) is 6.16. The number of rotatable bonds is 0. The summed E-state index contributed by atoms with van der Waals surface area (Å²) in [7, 11) is 0. The van der Waals surface area contributed by atoms with Crippen molar-refractivity contribution in [3.8, 4) is 0 Å². The Hall–Kier alpha value is -0.570. The third-order valence-electron chi connectivity index (χ3n) is 2.34. The molecule has 0 unspecified atom stereocenters. The molecule has 10 heavy (non-hydrogen) atoms. The van der Waals surface area contributed by atoms with E-state index in [1.54, 1.807) is 0 Å². The minimum atomic E-state index is -0.295. The van der Waals surface area contributed by atoms with Crippen LogP contribution in [0.2, 0.25) is 0 Å². The van der Waals surface area contributed by atoms with Gasteiger partial charge in [0.15, 0.2) is 0 Å². The van der Waals surface area contributed by atoms with E-state index in [1.807, 2.05) is 0 Å². The summed E-state index contributed by atoms with van der Waals surface area (Å²) in [4.78, 5) is 10.7. The number of aliphatic hydroxyl groups excluding tert-OH is 1. The molecule has 3 atom stereocenters. The average Bonchev–Trinajstić information content (AvgIpc) is 2.07. The number of carbonyl (C=O) groups excluding carboxylic acids is 1. The van der Waals surface area contributed by atoms with Gasteiger partial charge in [-0.1, -0.05) is 0 Å².